The van der Waals surface area contributed by atoms with Gasteiger partial charge in [0.1, 0.15) is 11.6 Å². The summed E-state index contributed by atoms with van der Waals surface area (Å²) in [5.74, 6) is -0.409. The first-order valence-corrected chi connectivity index (χ1v) is 10.9. The van der Waals surface area contributed by atoms with Crippen molar-refractivity contribution < 1.29 is 8.78 Å². The van der Waals surface area contributed by atoms with Gasteiger partial charge in [-0.05, 0) is 30.7 Å². The Balaban J connectivity index is 1.95. The summed E-state index contributed by atoms with van der Waals surface area (Å²) < 4.78 is 34.0. The molecule has 0 radical (unpaired) electrons. The van der Waals surface area contributed by atoms with Crippen molar-refractivity contribution in [1.82, 2.24) is 0 Å². The van der Waals surface area contributed by atoms with Crippen molar-refractivity contribution in [3.8, 4) is 0 Å². The minimum atomic E-state index is -0.206. The van der Waals surface area contributed by atoms with Crippen LogP contribution < -0.4 is 0 Å². The Morgan fingerprint density at radius 1 is 0.750 bits per heavy atom. The summed E-state index contributed by atoms with van der Waals surface area (Å²) in [6.45, 7) is 2.10. The lowest BCUT2D eigenvalue weighted by atomic mass is 10.0. The lowest BCUT2D eigenvalue weighted by molar-refractivity contribution is 0.618. The van der Waals surface area contributed by atoms with Gasteiger partial charge in [-0.1, -0.05) is 25.1 Å². The molecule has 28 heavy (non-hydrogen) atoms. The molecular weight excluding hydrogens is 390 g/mol. The Morgan fingerprint density at radius 2 is 1.46 bits per heavy atom. The van der Waals surface area contributed by atoms with Crippen molar-refractivity contribution in [2.24, 2.45) is 0 Å². The topological polar surface area (TPSA) is 0 Å². The second kappa shape index (κ2) is 4.88. The van der Waals surface area contributed by atoms with E-state index in [1.165, 1.54) is 4.88 Å². The maximum Gasteiger partial charge on any atom is 0.132 e. The van der Waals surface area contributed by atoms with Crippen LogP contribution in [-0.2, 0) is 6.42 Å². The molecule has 0 bridgehead atoms. The van der Waals surface area contributed by atoms with E-state index in [4.69, 9.17) is 0 Å². The van der Waals surface area contributed by atoms with Gasteiger partial charge in [0, 0.05) is 66.1 Å². The summed E-state index contributed by atoms with van der Waals surface area (Å²) in [7, 11) is 0. The third-order valence-electron chi connectivity index (χ3n) is 6.04. The first-order chi connectivity index (χ1) is 13.7. The second-order valence-electron chi connectivity index (χ2n) is 7.42. The van der Waals surface area contributed by atoms with Crippen LogP contribution in [0.1, 0.15) is 11.8 Å². The van der Waals surface area contributed by atoms with Crippen LogP contribution in [0.2, 0.25) is 0 Å². The van der Waals surface area contributed by atoms with Crippen LogP contribution in [0.15, 0.2) is 42.5 Å². The van der Waals surface area contributed by atoms with E-state index < -0.39 is 0 Å². The molecule has 0 nitrogen and oxygen atoms in total. The SMILES string of the molecule is CCc1cc2c(s1)=c1cc(F)c3c4c(cc(F)c=2c14)=c1sc2ccccc2c1=3. The molecule has 2 aliphatic carbocycles. The number of hydrogen-bond acceptors (Lipinski definition) is 2. The van der Waals surface area contributed by atoms with Gasteiger partial charge in [0.05, 0.1) is 0 Å². The highest BCUT2D eigenvalue weighted by atomic mass is 32.1. The van der Waals surface area contributed by atoms with Gasteiger partial charge in [-0.25, -0.2) is 8.78 Å². The molecule has 0 saturated heterocycles. The molecule has 0 spiro atoms. The van der Waals surface area contributed by atoms with Crippen LogP contribution in [0.3, 0.4) is 0 Å². The lowest BCUT2D eigenvalue weighted by Crippen LogP contribution is -1.88. The molecule has 0 saturated carbocycles. The van der Waals surface area contributed by atoms with Crippen molar-refractivity contribution in [2.45, 2.75) is 13.3 Å². The predicted octanol–water partition coefficient (Wildman–Crippen LogP) is 6.73. The molecule has 0 atom stereocenters. The molecule has 5 aromatic rings. The molecule has 2 aromatic heterocycles. The molecule has 7 rings (SSSR count). The number of thiophene rings is 2. The van der Waals surface area contributed by atoms with Gasteiger partial charge in [-0.2, -0.15) is 0 Å². The molecule has 0 fully saturated rings. The van der Waals surface area contributed by atoms with Gasteiger partial charge in [-0.15, -0.1) is 22.7 Å². The molecule has 0 N–H and O–H groups in total. The van der Waals surface area contributed by atoms with E-state index in [2.05, 4.69) is 13.0 Å². The molecule has 0 amide bonds. The Labute approximate surface area is 164 Å². The summed E-state index contributed by atoms with van der Waals surface area (Å²) in [5, 5.41) is 7.69. The van der Waals surface area contributed by atoms with Gasteiger partial charge >= 0.3 is 0 Å². The van der Waals surface area contributed by atoms with Gasteiger partial charge in [0.2, 0.25) is 0 Å². The predicted molar refractivity (Wildman–Crippen MR) is 110 cm³/mol. The maximum atomic E-state index is 15.5. The van der Waals surface area contributed by atoms with Gasteiger partial charge in [0.15, 0.2) is 0 Å². The third kappa shape index (κ3) is 1.58. The number of halogens is 2. The van der Waals surface area contributed by atoms with E-state index in [0.29, 0.717) is 10.4 Å². The van der Waals surface area contributed by atoms with Crippen molar-refractivity contribution in [1.29, 1.82) is 0 Å². The highest BCUT2D eigenvalue weighted by Crippen LogP contribution is 2.37. The van der Waals surface area contributed by atoms with Crippen LogP contribution in [0.4, 0.5) is 8.78 Å². The Kier molecular flexibility index (Phi) is 2.68. The van der Waals surface area contributed by atoms with Crippen LogP contribution in [-0.4, -0.2) is 0 Å². The normalized spacial score (nSPS) is 13.0. The van der Waals surface area contributed by atoms with E-state index >= 15 is 8.78 Å². The Hall–Kier alpha value is -2.56. The third-order valence-corrected chi connectivity index (χ3v) is 8.56. The second-order valence-corrected chi connectivity index (χ2v) is 9.61. The fourth-order valence-corrected chi connectivity index (χ4v) is 7.28. The number of aryl methyl sites for hydroxylation is 1. The molecule has 4 heteroatoms. The van der Waals surface area contributed by atoms with Crippen molar-refractivity contribution in [3.05, 3.63) is 99.4 Å². The highest BCUT2D eigenvalue weighted by molar-refractivity contribution is 7.17. The standard InChI is InChI=1S/C24H12F2S2/c1-2-10-7-12-18-15(25)9-14-20-19(18)13(23(12)27-10)8-16(26)22(20)21-11-5-3-4-6-17(11)28-24(14)21/h3-9H,2H2,1H3. The summed E-state index contributed by atoms with van der Waals surface area (Å²) in [6.07, 6.45) is 0.902. The number of benzene rings is 3. The smallest absolute Gasteiger partial charge is 0.132 e. The van der Waals surface area contributed by atoms with Crippen molar-refractivity contribution >= 4 is 43.5 Å². The number of rotatable bonds is 1. The average Bonchev–Trinajstić information content (AvgIpc) is 3.40. The zero-order valence-corrected chi connectivity index (χ0v) is 16.5. The van der Waals surface area contributed by atoms with Crippen LogP contribution in [0, 0.1) is 52.0 Å². The summed E-state index contributed by atoms with van der Waals surface area (Å²) >= 11 is 3.29. The van der Waals surface area contributed by atoms with E-state index in [1.54, 1.807) is 34.8 Å². The lowest BCUT2D eigenvalue weighted by Gasteiger charge is -2.02. The quantitative estimate of drug-likeness (QED) is 0.286. The van der Waals surface area contributed by atoms with E-state index in [9.17, 15) is 0 Å². The van der Waals surface area contributed by atoms with E-state index in [0.717, 1.165) is 57.2 Å². The summed E-state index contributed by atoms with van der Waals surface area (Å²) in [4.78, 5) is 1.21. The number of hydrogen-bond donors (Lipinski definition) is 0. The van der Waals surface area contributed by atoms with E-state index in [1.807, 2.05) is 24.3 Å². The molecular formula is C24H12F2S2. The maximum absolute atomic E-state index is 15.5. The Bertz CT molecular complexity index is 1930. The van der Waals surface area contributed by atoms with Gasteiger partial charge in [0.25, 0.3) is 0 Å². The van der Waals surface area contributed by atoms with Crippen LogP contribution in [0.5, 0.6) is 0 Å². The zero-order chi connectivity index (χ0) is 18.7. The highest BCUT2D eigenvalue weighted by Gasteiger charge is 2.21. The van der Waals surface area contributed by atoms with E-state index in [-0.39, 0.29) is 11.6 Å². The van der Waals surface area contributed by atoms with Crippen LogP contribution >= 0.6 is 22.7 Å². The minimum absolute atomic E-state index is 0.203. The van der Waals surface area contributed by atoms with Crippen molar-refractivity contribution in [3.63, 3.8) is 0 Å². The minimum Gasteiger partial charge on any atom is -0.206 e. The first-order valence-electron chi connectivity index (χ1n) is 9.31. The Morgan fingerprint density at radius 3 is 2.29 bits per heavy atom. The zero-order valence-electron chi connectivity index (χ0n) is 14.8. The fraction of sp³-hybridized carbons (Fsp3) is 0.0833. The summed E-state index contributed by atoms with van der Waals surface area (Å²) in [6, 6.07) is 13.4. The fourth-order valence-electron chi connectivity index (χ4n) is 4.92. The van der Waals surface area contributed by atoms with Crippen molar-refractivity contribution in [2.75, 3.05) is 0 Å². The molecule has 134 valence electrons. The molecule has 2 aliphatic rings. The number of fused-ring (bicyclic) bond motifs is 4. The monoisotopic (exact) mass is 402 g/mol. The van der Waals surface area contributed by atoms with Gasteiger partial charge in [-0.3, -0.25) is 0 Å². The average molecular weight is 402 g/mol. The first kappa shape index (κ1) is 15.4. The summed E-state index contributed by atoms with van der Waals surface area (Å²) in [5.41, 5.74) is 0. The molecule has 0 aliphatic heterocycles. The molecule has 3 aromatic carbocycles. The van der Waals surface area contributed by atoms with Crippen LogP contribution in [0.25, 0.3) is 20.9 Å². The molecule has 0 unspecified atom stereocenters. The largest absolute Gasteiger partial charge is 0.206 e. The molecule has 2 heterocycles. The van der Waals surface area contributed by atoms with Gasteiger partial charge < -0.3 is 0 Å².